The maximum Gasteiger partial charge on any atom is 0.253 e. The Labute approximate surface area is 176 Å². The molecule has 0 spiro atoms. The van der Waals surface area contributed by atoms with Crippen molar-refractivity contribution in [3.8, 4) is 5.88 Å². The number of nitrogens with zero attached hydrogens (tertiary/aromatic N) is 2. The molecule has 1 saturated carbocycles. The third kappa shape index (κ3) is 5.07. The summed E-state index contributed by atoms with van der Waals surface area (Å²) >= 11 is 6.14. The van der Waals surface area contributed by atoms with Crippen molar-refractivity contribution in [3.05, 3.63) is 52.7 Å². The topological polar surface area (TPSA) is 88.6 Å². The normalized spacial score (nSPS) is 14.9. The molecule has 1 heterocycles. The van der Waals surface area contributed by atoms with Crippen LogP contribution in [0.2, 0.25) is 5.02 Å². The van der Waals surface area contributed by atoms with Gasteiger partial charge in [-0.2, -0.15) is 0 Å². The van der Waals surface area contributed by atoms with Gasteiger partial charge in [-0.1, -0.05) is 17.7 Å². The predicted molar refractivity (Wildman–Crippen MR) is 111 cm³/mol. The van der Waals surface area contributed by atoms with Crippen molar-refractivity contribution < 1.29 is 17.9 Å². The van der Waals surface area contributed by atoms with E-state index < -0.39 is 15.9 Å². The van der Waals surface area contributed by atoms with Crippen LogP contribution in [0.25, 0.3) is 0 Å². The van der Waals surface area contributed by atoms with E-state index >= 15 is 0 Å². The van der Waals surface area contributed by atoms with Crippen LogP contribution in [0.1, 0.15) is 41.6 Å². The Morgan fingerprint density at radius 2 is 2.00 bits per heavy atom. The first-order chi connectivity index (χ1) is 13.8. The number of halogens is 1. The van der Waals surface area contributed by atoms with Crippen LogP contribution in [-0.4, -0.2) is 43.8 Å². The predicted octanol–water partition coefficient (Wildman–Crippen LogP) is 3.24. The number of carbonyl (C=O) groups is 1. The molecule has 3 rings (SSSR count). The highest BCUT2D eigenvalue weighted by Gasteiger charge is 2.22. The summed E-state index contributed by atoms with van der Waals surface area (Å²) in [4.78, 5) is 17.0. The lowest BCUT2D eigenvalue weighted by atomic mass is 10.2. The summed E-state index contributed by atoms with van der Waals surface area (Å²) in [5.41, 5.74) is 0.845. The van der Waals surface area contributed by atoms with E-state index in [1.807, 2.05) is 6.07 Å². The fourth-order valence-corrected chi connectivity index (χ4v) is 4.28. The van der Waals surface area contributed by atoms with Gasteiger partial charge in [-0.3, -0.25) is 4.79 Å². The number of pyridine rings is 1. The standard InChI is InChI=1S/C20H24ClN3O4S/c1-24(2)29(26,27)16-9-10-18(21)17(12-16)19(25)23-13-14-6-5-11-22-20(14)28-15-7-3-4-8-15/h5-6,9-12,15H,3-4,7-8,13H2,1-2H3,(H,23,25). The van der Waals surface area contributed by atoms with Gasteiger partial charge in [0.05, 0.1) is 15.5 Å². The van der Waals surface area contributed by atoms with E-state index in [0.717, 1.165) is 35.6 Å². The summed E-state index contributed by atoms with van der Waals surface area (Å²) in [5, 5.41) is 2.95. The number of rotatable bonds is 7. The smallest absolute Gasteiger partial charge is 0.253 e. The zero-order valence-electron chi connectivity index (χ0n) is 16.4. The molecule has 1 N–H and O–H groups in total. The Kier molecular flexibility index (Phi) is 6.77. The summed E-state index contributed by atoms with van der Waals surface area (Å²) in [6.07, 6.45) is 6.11. The SMILES string of the molecule is CN(C)S(=O)(=O)c1ccc(Cl)c(C(=O)NCc2cccnc2OC2CCCC2)c1. The van der Waals surface area contributed by atoms with Crippen molar-refractivity contribution >= 4 is 27.5 Å². The molecule has 1 aromatic heterocycles. The van der Waals surface area contributed by atoms with E-state index in [9.17, 15) is 13.2 Å². The summed E-state index contributed by atoms with van der Waals surface area (Å²) in [5.74, 6) is 0.0382. The lowest BCUT2D eigenvalue weighted by Gasteiger charge is -2.16. The molecule has 0 bridgehead atoms. The molecule has 156 valence electrons. The molecule has 9 heteroatoms. The van der Waals surface area contributed by atoms with Gasteiger partial charge in [0, 0.05) is 32.4 Å². The molecule has 2 aromatic rings. The zero-order valence-corrected chi connectivity index (χ0v) is 18.0. The number of hydrogen-bond acceptors (Lipinski definition) is 5. The highest BCUT2D eigenvalue weighted by Crippen LogP contribution is 2.25. The summed E-state index contributed by atoms with van der Waals surface area (Å²) in [6, 6.07) is 7.69. The Balaban J connectivity index is 1.75. The molecule has 29 heavy (non-hydrogen) atoms. The highest BCUT2D eigenvalue weighted by atomic mass is 35.5. The van der Waals surface area contributed by atoms with Crippen LogP contribution < -0.4 is 10.1 Å². The van der Waals surface area contributed by atoms with Gasteiger partial charge in [-0.25, -0.2) is 17.7 Å². The van der Waals surface area contributed by atoms with Crippen LogP contribution in [0.5, 0.6) is 5.88 Å². The van der Waals surface area contributed by atoms with Gasteiger partial charge in [0.1, 0.15) is 6.10 Å². The van der Waals surface area contributed by atoms with Gasteiger partial charge < -0.3 is 10.1 Å². The lowest BCUT2D eigenvalue weighted by Crippen LogP contribution is -2.26. The molecule has 0 unspecified atom stereocenters. The fraction of sp³-hybridized carbons (Fsp3) is 0.400. The molecule has 1 aromatic carbocycles. The minimum absolute atomic E-state index is 0.00341. The fourth-order valence-electron chi connectivity index (χ4n) is 3.15. The van der Waals surface area contributed by atoms with Crippen molar-refractivity contribution in [2.75, 3.05) is 14.1 Å². The van der Waals surface area contributed by atoms with Crippen molar-refractivity contribution in [1.82, 2.24) is 14.6 Å². The second-order valence-corrected chi connectivity index (χ2v) is 9.66. The van der Waals surface area contributed by atoms with Crippen molar-refractivity contribution in [1.29, 1.82) is 0 Å². The molecule has 0 atom stereocenters. The van der Waals surface area contributed by atoms with Crippen molar-refractivity contribution in [2.24, 2.45) is 0 Å². The molecule has 7 nitrogen and oxygen atoms in total. The number of aromatic nitrogens is 1. The maximum atomic E-state index is 12.7. The molecule has 0 saturated heterocycles. The second-order valence-electron chi connectivity index (χ2n) is 7.10. The first-order valence-corrected chi connectivity index (χ1v) is 11.2. The molecule has 1 amide bonds. The molecule has 0 radical (unpaired) electrons. The van der Waals surface area contributed by atoms with Gasteiger partial charge in [0.2, 0.25) is 15.9 Å². The average molecular weight is 438 g/mol. The van der Waals surface area contributed by atoms with Gasteiger partial charge in [0.15, 0.2) is 0 Å². The molecule has 1 aliphatic rings. The van der Waals surface area contributed by atoms with Crippen LogP contribution in [-0.2, 0) is 16.6 Å². The maximum absolute atomic E-state index is 12.7. The number of nitrogens with one attached hydrogen (secondary N) is 1. The average Bonchev–Trinajstić information content (AvgIpc) is 3.20. The van der Waals surface area contributed by atoms with Crippen molar-refractivity contribution in [3.63, 3.8) is 0 Å². The Bertz CT molecular complexity index is 989. The second kappa shape index (κ2) is 9.11. The van der Waals surface area contributed by atoms with Crippen LogP contribution >= 0.6 is 11.6 Å². The Hall–Kier alpha value is -2.16. The number of carbonyl (C=O) groups excluding carboxylic acids is 1. The number of amides is 1. The third-order valence-electron chi connectivity index (χ3n) is 4.83. The largest absolute Gasteiger partial charge is 0.474 e. The molecular weight excluding hydrogens is 414 g/mol. The van der Waals surface area contributed by atoms with Crippen molar-refractivity contribution in [2.45, 2.75) is 43.2 Å². The zero-order chi connectivity index (χ0) is 21.0. The van der Waals surface area contributed by atoms with E-state index in [1.165, 1.54) is 32.3 Å². The van der Waals surface area contributed by atoms with Gasteiger partial charge in [-0.15, -0.1) is 0 Å². The lowest BCUT2D eigenvalue weighted by molar-refractivity contribution is 0.0950. The minimum Gasteiger partial charge on any atom is -0.474 e. The van der Waals surface area contributed by atoms with Crippen LogP contribution in [0.4, 0.5) is 0 Å². The Morgan fingerprint density at radius 3 is 2.69 bits per heavy atom. The van der Waals surface area contributed by atoms with E-state index in [-0.39, 0.29) is 28.1 Å². The summed E-state index contributed by atoms with van der Waals surface area (Å²) < 4.78 is 31.7. The van der Waals surface area contributed by atoms with Gasteiger partial charge >= 0.3 is 0 Å². The van der Waals surface area contributed by atoms with Gasteiger partial charge in [0.25, 0.3) is 5.91 Å². The quantitative estimate of drug-likeness (QED) is 0.718. The highest BCUT2D eigenvalue weighted by molar-refractivity contribution is 7.89. The number of ether oxygens (including phenoxy) is 1. The van der Waals surface area contributed by atoms with Crippen LogP contribution in [0.3, 0.4) is 0 Å². The number of hydrogen-bond donors (Lipinski definition) is 1. The summed E-state index contributed by atoms with van der Waals surface area (Å²) in [6.45, 7) is 0.190. The van der Waals surface area contributed by atoms with Crippen LogP contribution in [0.15, 0.2) is 41.4 Å². The minimum atomic E-state index is -3.67. The number of sulfonamides is 1. The monoisotopic (exact) mass is 437 g/mol. The molecule has 1 aliphatic carbocycles. The van der Waals surface area contributed by atoms with Gasteiger partial charge in [-0.05, 0) is 49.9 Å². The molecule has 0 aliphatic heterocycles. The van der Waals surface area contributed by atoms with E-state index in [4.69, 9.17) is 16.3 Å². The molecular formula is C20H24ClN3O4S. The molecule has 1 fully saturated rings. The third-order valence-corrected chi connectivity index (χ3v) is 6.97. The first kappa shape index (κ1) is 21.5. The van der Waals surface area contributed by atoms with E-state index in [1.54, 1.807) is 12.3 Å². The van der Waals surface area contributed by atoms with Crippen LogP contribution in [0, 0.1) is 0 Å². The van der Waals surface area contributed by atoms with E-state index in [0.29, 0.717) is 5.88 Å². The van der Waals surface area contributed by atoms with E-state index in [2.05, 4.69) is 10.3 Å². The summed E-state index contributed by atoms with van der Waals surface area (Å²) in [7, 11) is -0.815. The first-order valence-electron chi connectivity index (χ1n) is 9.40. The Morgan fingerprint density at radius 1 is 1.28 bits per heavy atom. The number of benzene rings is 1.